The summed E-state index contributed by atoms with van der Waals surface area (Å²) in [6.07, 6.45) is -4.46. The van der Waals surface area contributed by atoms with Crippen LogP contribution in [-0.4, -0.2) is 79.7 Å². The molecule has 0 saturated carbocycles. The quantitative estimate of drug-likeness (QED) is 0.248. The number of amides is 3. The first-order chi connectivity index (χ1) is 18.9. The summed E-state index contributed by atoms with van der Waals surface area (Å²) < 4.78 is 46.8. The van der Waals surface area contributed by atoms with E-state index in [0.717, 1.165) is 0 Å². The molecular weight excluding hydrogens is 537 g/mol. The van der Waals surface area contributed by atoms with Gasteiger partial charge in [0.1, 0.15) is 18.9 Å². The standard InChI is InChI=1S/C26H35F3N4O7/c1-15-4-2-3-5-18(15)31-24(37)25(38)33-20(12-16-7-10-39-11-8-16)23(36)32-19(13-17-6-9-30-22(17)35)21(34)14-40-26(27,28)29/h2-5,16-17,19-20,22,30,35H,6-14H2,1H3,(H,31,37)(H,32,36)(H,33,38)/t17-,19-,20?,22?/m0/s1. The first kappa shape index (κ1) is 31.5. The third kappa shape index (κ3) is 9.84. The molecule has 222 valence electrons. The number of Topliss-reactive ketones (excluding diaryl/α,β-unsaturated/α-hetero) is 1. The van der Waals surface area contributed by atoms with E-state index in [4.69, 9.17) is 4.74 Å². The third-order valence-corrected chi connectivity index (χ3v) is 7.07. The van der Waals surface area contributed by atoms with E-state index in [1.165, 1.54) is 0 Å². The molecule has 3 rings (SSSR count). The molecule has 2 fully saturated rings. The van der Waals surface area contributed by atoms with E-state index in [1.54, 1.807) is 31.2 Å². The molecule has 40 heavy (non-hydrogen) atoms. The van der Waals surface area contributed by atoms with Crippen molar-refractivity contribution in [1.82, 2.24) is 16.0 Å². The Morgan fingerprint density at radius 3 is 2.38 bits per heavy atom. The largest absolute Gasteiger partial charge is 0.522 e. The molecule has 0 bridgehead atoms. The van der Waals surface area contributed by atoms with Gasteiger partial charge in [-0.1, -0.05) is 18.2 Å². The summed E-state index contributed by atoms with van der Waals surface area (Å²) in [5.74, 6) is -4.54. The van der Waals surface area contributed by atoms with Crippen LogP contribution < -0.4 is 21.3 Å². The van der Waals surface area contributed by atoms with E-state index in [2.05, 4.69) is 26.0 Å². The number of rotatable bonds is 11. The lowest BCUT2D eigenvalue weighted by molar-refractivity contribution is -0.321. The second-order valence-electron chi connectivity index (χ2n) is 10.0. The van der Waals surface area contributed by atoms with E-state index in [1.807, 2.05) is 0 Å². The SMILES string of the molecule is Cc1ccccc1NC(=O)C(=O)NC(CC1CCOCC1)C(=O)N[C@@H](C[C@@H]1CCNC1O)C(=O)COC(F)(F)F. The van der Waals surface area contributed by atoms with Gasteiger partial charge in [0, 0.05) is 24.8 Å². The highest BCUT2D eigenvalue weighted by atomic mass is 19.4. The molecule has 0 aromatic heterocycles. The summed E-state index contributed by atoms with van der Waals surface area (Å²) in [6, 6.07) is 4.10. The number of para-hydroxylation sites is 1. The maximum Gasteiger partial charge on any atom is 0.522 e. The number of aliphatic hydroxyl groups is 1. The number of ketones is 1. The normalized spacial score (nSPS) is 21.3. The van der Waals surface area contributed by atoms with E-state index < -0.39 is 60.7 Å². The monoisotopic (exact) mass is 572 g/mol. The van der Waals surface area contributed by atoms with Gasteiger partial charge in [-0.05, 0) is 63.1 Å². The Labute approximate surface area is 229 Å². The molecule has 1 aromatic carbocycles. The lowest BCUT2D eigenvalue weighted by atomic mass is 9.91. The number of nitrogens with one attached hydrogen (secondary N) is 4. The van der Waals surface area contributed by atoms with Crippen LogP contribution in [-0.2, 0) is 28.7 Å². The van der Waals surface area contributed by atoms with Crippen molar-refractivity contribution in [3.63, 3.8) is 0 Å². The highest BCUT2D eigenvalue weighted by molar-refractivity contribution is 6.40. The first-order valence-electron chi connectivity index (χ1n) is 13.1. The van der Waals surface area contributed by atoms with Crippen LogP contribution in [0.4, 0.5) is 18.9 Å². The number of carbonyl (C=O) groups is 4. The minimum absolute atomic E-state index is 0.0483. The summed E-state index contributed by atoms with van der Waals surface area (Å²) in [5, 5.41) is 20.2. The van der Waals surface area contributed by atoms with E-state index >= 15 is 0 Å². The molecule has 0 aliphatic carbocycles. The smallest absolute Gasteiger partial charge is 0.381 e. The third-order valence-electron chi connectivity index (χ3n) is 7.07. The molecule has 2 heterocycles. The van der Waals surface area contributed by atoms with Crippen LogP contribution in [0.3, 0.4) is 0 Å². The molecule has 5 N–H and O–H groups in total. The van der Waals surface area contributed by atoms with Gasteiger partial charge in [0.25, 0.3) is 0 Å². The number of carbonyl (C=O) groups excluding carboxylic acids is 4. The number of alkyl halides is 3. The molecule has 2 saturated heterocycles. The summed E-state index contributed by atoms with van der Waals surface area (Å²) in [5.41, 5.74) is 1.12. The lowest BCUT2D eigenvalue weighted by Gasteiger charge is -2.29. The average Bonchev–Trinajstić information content (AvgIpc) is 3.31. The summed E-state index contributed by atoms with van der Waals surface area (Å²) in [6.45, 7) is 1.73. The molecule has 1 aromatic rings. The number of ether oxygens (including phenoxy) is 2. The van der Waals surface area contributed by atoms with Crippen LogP contribution in [0.25, 0.3) is 0 Å². The number of benzene rings is 1. The van der Waals surface area contributed by atoms with Gasteiger partial charge in [0.2, 0.25) is 5.91 Å². The Morgan fingerprint density at radius 2 is 1.75 bits per heavy atom. The van der Waals surface area contributed by atoms with Crippen LogP contribution in [0.2, 0.25) is 0 Å². The summed E-state index contributed by atoms with van der Waals surface area (Å²) >= 11 is 0. The lowest BCUT2D eigenvalue weighted by Crippen LogP contribution is -2.55. The predicted molar refractivity (Wildman–Crippen MR) is 136 cm³/mol. The van der Waals surface area contributed by atoms with Gasteiger partial charge in [-0.2, -0.15) is 0 Å². The van der Waals surface area contributed by atoms with Crippen LogP contribution in [0.5, 0.6) is 0 Å². The Morgan fingerprint density at radius 1 is 1.05 bits per heavy atom. The van der Waals surface area contributed by atoms with Crippen LogP contribution in [0, 0.1) is 18.8 Å². The maximum absolute atomic E-state index is 13.4. The van der Waals surface area contributed by atoms with E-state index in [9.17, 15) is 37.5 Å². The van der Waals surface area contributed by atoms with Crippen molar-refractivity contribution in [2.45, 2.75) is 63.7 Å². The van der Waals surface area contributed by atoms with Gasteiger partial charge in [-0.25, -0.2) is 0 Å². The molecule has 11 nitrogen and oxygen atoms in total. The number of halogens is 3. The van der Waals surface area contributed by atoms with Gasteiger partial charge in [0.15, 0.2) is 5.78 Å². The fraction of sp³-hybridized carbons (Fsp3) is 0.615. The summed E-state index contributed by atoms with van der Waals surface area (Å²) in [4.78, 5) is 51.5. The topological polar surface area (TPSA) is 155 Å². The zero-order chi connectivity index (χ0) is 29.3. The second kappa shape index (κ2) is 14.5. The molecular formula is C26H35F3N4O7. The fourth-order valence-corrected chi connectivity index (χ4v) is 4.75. The van der Waals surface area contributed by atoms with Gasteiger partial charge in [-0.15, -0.1) is 13.2 Å². The van der Waals surface area contributed by atoms with Crippen molar-refractivity contribution in [2.75, 3.05) is 31.7 Å². The molecule has 2 unspecified atom stereocenters. The molecule has 4 atom stereocenters. The average molecular weight is 573 g/mol. The molecule has 0 spiro atoms. The van der Waals surface area contributed by atoms with Gasteiger partial charge in [0.05, 0.1) is 6.04 Å². The Bertz CT molecular complexity index is 1050. The van der Waals surface area contributed by atoms with E-state index in [-0.39, 0.29) is 18.8 Å². The highest BCUT2D eigenvalue weighted by Gasteiger charge is 2.37. The number of aliphatic hydroxyl groups excluding tert-OH is 1. The number of hydrogen-bond donors (Lipinski definition) is 5. The van der Waals surface area contributed by atoms with Gasteiger partial charge >= 0.3 is 18.2 Å². The van der Waals surface area contributed by atoms with Crippen molar-refractivity contribution in [2.24, 2.45) is 11.8 Å². The Kier molecular flexibility index (Phi) is 11.4. The van der Waals surface area contributed by atoms with Crippen LogP contribution in [0.1, 0.15) is 37.7 Å². The van der Waals surface area contributed by atoms with Gasteiger partial charge < -0.3 is 25.8 Å². The van der Waals surface area contributed by atoms with Crippen molar-refractivity contribution >= 4 is 29.2 Å². The molecule has 0 radical (unpaired) electrons. The van der Waals surface area contributed by atoms with Crippen molar-refractivity contribution in [3.05, 3.63) is 29.8 Å². The van der Waals surface area contributed by atoms with Crippen LogP contribution in [0.15, 0.2) is 24.3 Å². The van der Waals surface area contributed by atoms with Crippen molar-refractivity contribution in [3.8, 4) is 0 Å². The second-order valence-corrected chi connectivity index (χ2v) is 10.0. The number of aryl methyl sites for hydroxylation is 1. The Hall–Kier alpha value is -3.07. The van der Waals surface area contributed by atoms with Crippen molar-refractivity contribution < 1.29 is 46.9 Å². The first-order valence-corrected chi connectivity index (χ1v) is 13.1. The minimum Gasteiger partial charge on any atom is -0.381 e. The zero-order valence-corrected chi connectivity index (χ0v) is 22.1. The molecule has 14 heteroatoms. The number of hydrogen-bond acceptors (Lipinski definition) is 8. The predicted octanol–water partition coefficient (Wildman–Crippen LogP) is 1.14. The molecule has 2 aliphatic rings. The number of anilines is 1. The van der Waals surface area contributed by atoms with Crippen molar-refractivity contribution in [1.29, 1.82) is 0 Å². The minimum atomic E-state index is -5.05. The maximum atomic E-state index is 13.4. The molecule has 3 amide bonds. The Balaban J connectivity index is 1.74. The highest BCUT2D eigenvalue weighted by Crippen LogP contribution is 2.23. The fourth-order valence-electron chi connectivity index (χ4n) is 4.75. The van der Waals surface area contributed by atoms with E-state index in [0.29, 0.717) is 50.3 Å². The summed E-state index contributed by atoms with van der Waals surface area (Å²) in [7, 11) is 0. The molecule has 2 aliphatic heterocycles. The van der Waals surface area contributed by atoms with Gasteiger partial charge in [-0.3, -0.25) is 29.2 Å². The zero-order valence-electron chi connectivity index (χ0n) is 22.1. The van der Waals surface area contributed by atoms with Crippen LogP contribution >= 0.6 is 0 Å².